The Bertz CT molecular complexity index is 119. The van der Waals surface area contributed by atoms with Crippen LogP contribution in [0.25, 0.3) is 0 Å². The highest BCUT2D eigenvalue weighted by molar-refractivity contribution is 4.90. The van der Waals surface area contributed by atoms with Crippen LogP contribution in [-0.4, -0.2) is 26.2 Å². The van der Waals surface area contributed by atoms with E-state index in [0.717, 1.165) is 26.2 Å². The SMILES string of the molecule is C=CCNCCNCC(=C)C. The summed E-state index contributed by atoms with van der Waals surface area (Å²) in [6.45, 7) is 13.2. The Balaban J connectivity index is 2.90. The monoisotopic (exact) mass is 154 g/mol. The molecule has 2 N–H and O–H groups in total. The highest BCUT2D eigenvalue weighted by Gasteiger charge is 1.85. The van der Waals surface area contributed by atoms with Crippen LogP contribution in [0.15, 0.2) is 24.8 Å². The molecule has 0 fully saturated rings. The van der Waals surface area contributed by atoms with Gasteiger partial charge >= 0.3 is 0 Å². The second-order valence-corrected chi connectivity index (χ2v) is 2.63. The van der Waals surface area contributed by atoms with E-state index in [9.17, 15) is 0 Å². The Morgan fingerprint density at radius 1 is 1.36 bits per heavy atom. The Labute approximate surface area is 69.4 Å². The van der Waals surface area contributed by atoms with E-state index in [4.69, 9.17) is 0 Å². The molecular formula is C9H18N2. The first-order valence-electron chi connectivity index (χ1n) is 3.94. The van der Waals surface area contributed by atoms with Gasteiger partial charge in [-0.2, -0.15) is 0 Å². The van der Waals surface area contributed by atoms with E-state index >= 15 is 0 Å². The summed E-state index contributed by atoms with van der Waals surface area (Å²) in [7, 11) is 0. The molecule has 0 spiro atoms. The lowest BCUT2D eigenvalue weighted by molar-refractivity contribution is 0.660. The summed E-state index contributed by atoms with van der Waals surface area (Å²) in [5.74, 6) is 0. The molecular weight excluding hydrogens is 136 g/mol. The highest BCUT2D eigenvalue weighted by Crippen LogP contribution is 1.79. The molecule has 0 aliphatic rings. The van der Waals surface area contributed by atoms with Crippen LogP contribution in [0.2, 0.25) is 0 Å². The second kappa shape index (κ2) is 7.51. The van der Waals surface area contributed by atoms with E-state index in [1.54, 1.807) is 0 Å². The van der Waals surface area contributed by atoms with Gasteiger partial charge in [0.25, 0.3) is 0 Å². The van der Waals surface area contributed by atoms with Gasteiger partial charge in [0.2, 0.25) is 0 Å². The first kappa shape index (κ1) is 10.4. The average molecular weight is 154 g/mol. The zero-order chi connectivity index (χ0) is 8.53. The molecule has 0 aliphatic carbocycles. The highest BCUT2D eigenvalue weighted by atomic mass is 14.9. The van der Waals surface area contributed by atoms with Crippen molar-refractivity contribution in [3.05, 3.63) is 24.8 Å². The van der Waals surface area contributed by atoms with Gasteiger partial charge in [0, 0.05) is 26.2 Å². The Kier molecular flexibility index (Phi) is 7.10. The summed E-state index contributed by atoms with van der Waals surface area (Å²) in [5.41, 5.74) is 1.17. The minimum absolute atomic E-state index is 0.884. The molecule has 0 radical (unpaired) electrons. The maximum atomic E-state index is 3.79. The zero-order valence-corrected chi connectivity index (χ0v) is 7.32. The standard InChI is InChI=1S/C9H18N2/c1-4-5-10-6-7-11-8-9(2)3/h4,10-11H,1-2,5-8H2,3H3. The Morgan fingerprint density at radius 3 is 2.55 bits per heavy atom. The van der Waals surface area contributed by atoms with Gasteiger partial charge in [0.1, 0.15) is 0 Å². The van der Waals surface area contributed by atoms with E-state index in [-0.39, 0.29) is 0 Å². The van der Waals surface area contributed by atoms with Crippen molar-refractivity contribution < 1.29 is 0 Å². The zero-order valence-electron chi connectivity index (χ0n) is 7.32. The maximum Gasteiger partial charge on any atom is 0.0159 e. The molecule has 0 bridgehead atoms. The van der Waals surface area contributed by atoms with Gasteiger partial charge < -0.3 is 10.6 Å². The molecule has 0 aromatic rings. The van der Waals surface area contributed by atoms with Gasteiger partial charge in [-0.1, -0.05) is 18.2 Å². The topological polar surface area (TPSA) is 24.1 Å². The van der Waals surface area contributed by atoms with Crippen LogP contribution in [0.1, 0.15) is 6.92 Å². The summed E-state index contributed by atoms with van der Waals surface area (Å²) < 4.78 is 0. The summed E-state index contributed by atoms with van der Waals surface area (Å²) >= 11 is 0. The second-order valence-electron chi connectivity index (χ2n) is 2.63. The largest absolute Gasteiger partial charge is 0.312 e. The van der Waals surface area contributed by atoms with Gasteiger partial charge in [0.05, 0.1) is 0 Å². The van der Waals surface area contributed by atoms with Crippen LogP contribution in [-0.2, 0) is 0 Å². The lowest BCUT2D eigenvalue weighted by Gasteiger charge is -2.03. The van der Waals surface area contributed by atoms with E-state index in [1.807, 2.05) is 13.0 Å². The van der Waals surface area contributed by atoms with E-state index in [1.165, 1.54) is 5.57 Å². The fourth-order valence-electron chi connectivity index (χ4n) is 0.683. The van der Waals surface area contributed by atoms with Gasteiger partial charge in [-0.3, -0.25) is 0 Å². The number of nitrogens with one attached hydrogen (secondary N) is 2. The molecule has 0 saturated carbocycles. The van der Waals surface area contributed by atoms with Crippen molar-refractivity contribution in [2.45, 2.75) is 6.92 Å². The first-order valence-corrected chi connectivity index (χ1v) is 3.94. The van der Waals surface area contributed by atoms with Crippen LogP contribution in [0.3, 0.4) is 0 Å². The van der Waals surface area contributed by atoms with Gasteiger partial charge in [-0.15, -0.1) is 6.58 Å². The van der Waals surface area contributed by atoms with E-state index in [2.05, 4.69) is 23.8 Å². The van der Waals surface area contributed by atoms with Crippen molar-refractivity contribution in [3.63, 3.8) is 0 Å². The molecule has 2 nitrogen and oxygen atoms in total. The molecule has 64 valence electrons. The van der Waals surface area contributed by atoms with Crippen LogP contribution in [0.5, 0.6) is 0 Å². The lowest BCUT2D eigenvalue weighted by atomic mass is 10.3. The van der Waals surface area contributed by atoms with Crippen molar-refractivity contribution in [2.24, 2.45) is 0 Å². The van der Waals surface area contributed by atoms with Crippen molar-refractivity contribution >= 4 is 0 Å². The summed E-state index contributed by atoms with van der Waals surface area (Å²) in [6, 6.07) is 0. The van der Waals surface area contributed by atoms with Crippen LogP contribution >= 0.6 is 0 Å². The van der Waals surface area contributed by atoms with Crippen LogP contribution in [0.4, 0.5) is 0 Å². The van der Waals surface area contributed by atoms with Gasteiger partial charge in [-0.25, -0.2) is 0 Å². The Hall–Kier alpha value is -0.600. The minimum atomic E-state index is 0.884. The third kappa shape index (κ3) is 9.40. The van der Waals surface area contributed by atoms with E-state index < -0.39 is 0 Å². The fourth-order valence-corrected chi connectivity index (χ4v) is 0.683. The molecule has 2 heteroatoms. The molecule has 0 rings (SSSR count). The fraction of sp³-hybridized carbons (Fsp3) is 0.556. The quantitative estimate of drug-likeness (QED) is 0.421. The smallest absolute Gasteiger partial charge is 0.0159 e. The van der Waals surface area contributed by atoms with Gasteiger partial charge in [-0.05, 0) is 6.92 Å². The molecule has 0 amide bonds. The number of hydrogen-bond acceptors (Lipinski definition) is 2. The van der Waals surface area contributed by atoms with Crippen LogP contribution < -0.4 is 10.6 Å². The van der Waals surface area contributed by atoms with Crippen molar-refractivity contribution in [1.29, 1.82) is 0 Å². The molecule has 11 heavy (non-hydrogen) atoms. The summed E-state index contributed by atoms with van der Waals surface area (Å²) in [5, 5.41) is 6.45. The van der Waals surface area contributed by atoms with Gasteiger partial charge in [0.15, 0.2) is 0 Å². The first-order chi connectivity index (χ1) is 5.27. The third-order valence-corrected chi connectivity index (χ3v) is 1.19. The average Bonchev–Trinajstić information content (AvgIpc) is 1.96. The molecule has 0 aliphatic heterocycles. The normalized spacial score (nSPS) is 9.55. The maximum absolute atomic E-state index is 3.79. The molecule has 0 saturated heterocycles. The molecule has 0 aromatic carbocycles. The molecule has 0 unspecified atom stereocenters. The minimum Gasteiger partial charge on any atom is -0.312 e. The molecule has 0 heterocycles. The number of rotatable bonds is 7. The molecule has 0 atom stereocenters. The Morgan fingerprint density at radius 2 is 2.00 bits per heavy atom. The van der Waals surface area contributed by atoms with Crippen molar-refractivity contribution in [3.8, 4) is 0 Å². The summed E-state index contributed by atoms with van der Waals surface area (Å²) in [4.78, 5) is 0. The summed E-state index contributed by atoms with van der Waals surface area (Å²) in [6.07, 6.45) is 1.86. The van der Waals surface area contributed by atoms with Crippen molar-refractivity contribution in [2.75, 3.05) is 26.2 Å². The van der Waals surface area contributed by atoms with E-state index in [0.29, 0.717) is 0 Å². The third-order valence-electron chi connectivity index (χ3n) is 1.19. The van der Waals surface area contributed by atoms with Crippen molar-refractivity contribution in [1.82, 2.24) is 10.6 Å². The predicted octanol–water partition coefficient (Wildman–Crippen LogP) is 0.928. The number of hydrogen-bond donors (Lipinski definition) is 2. The predicted molar refractivity (Wildman–Crippen MR) is 50.8 cm³/mol. The van der Waals surface area contributed by atoms with Crippen LogP contribution in [0, 0.1) is 0 Å². The lowest BCUT2D eigenvalue weighted by Crippen LogP contribution is -2.28. The molecule has 0 aromatic heterocycles.